The van der Waals surface area contributed by atoms with Crippen LogP contribution in [0.3, 0.4) is 0 Å². The SMILES string of the molecule is Cc1cc(C(=O)N2CCCC(C)(c3nc(C)c4c(n3)N(C)C(=O)C4)C2)no1. The van der Waals surface area contributed by atoms with E-state index >= 15 is 0 Å². The summed E-state index contributed by atoms with van der Waals surface area (Å²) in [5, 5.41) is 3.85. The van der Waals surface area contributed by atoms with Gasteiger partial charge in [-0.15, -0.1) is 0 Å². The fourth-order valence-electron chi connectivity index (χ4n) is 3.95. The molecule has 4 heterocycles. The number of nitrogens with zero attached hydrogens (tertiary/aromatic N) is 5. The Morgan fingerprint density at radius 1 is 1.30 bits per heavy atom. The van der Waals surface area contributed by atoms with E-state index < -0.39 is 0 Å². The molecular formula is C19H23N5O3. The second-order valence-corrected chi connectivity index (χ2v) is 7.78. The van der Waals surface area contributed by atoms with Crippen molar-refractivity contribution in [2.45, 2.75) is 45.4 Å². The molecular weight excluding hydrogens is 346 g/mol. The molecule has 0 N–H and O–H groups in total. The first-order chi connectivity index (χ1) is 12.8. The number of aromatic nitrogens is 3. The number of hydrogen-bond donors (Lipinski definition) is 0. The van der Waals surface area contributed by atoms with Gasteiger partial charge in [-0.25, -0.2) is 9.97 Å². The van der Waals surface area contributed by atoms with Crippen molar-refractivity contribution in [2.24, 2.45) is 0 Å². The number of fused-ring (bicyclic) bond motifs is 1. The summed E-state index contributed by atoms with van der Waals surface area (Å²) in [5.41, 5.74) is 1.69. The molecule has 0 saturated carbocycles. The zero-order valence-electron chi connectivity index (χ0n) is 16.1. The van der Waals surface area contributed by atoms with Crippen molar-refractivity contribution in [3.63, 3.8) is 0 Å². The highest BCUT2D eigenvalue weighted by Gasteiger charge is 2.40. The zero-order valence-corrected chi connectivity index (χ0v) is 16.1. The Hall–Kier alpha value is -2.77. The first-order valence-corrected chi connectivity index (χ1v) is 9.16. The van der Waals surface area contributed by atoms with Crippen molar-refractivity contribution in [1.29, 1.82) is 0 Å². The molecule has 0 aromatic carbocycles. The third-order valence-corrected chi connectivity index (χ3v) is 5.58. The van der Waals surface area contributed by atoms with Gasteiger partial charge in [0.1, 0.15) is 17.4 Å². The van der Waals surface area contributed by atoms with E-state index in [2.05, 4.69) is 12.1 Å². The first-order valence-electron chi connectivity index (χ1n) is 9.16. The smallest absolute Gasteiger partial charge is 0.276 e. The van der Waals surface area contributed by atoms with Crippen LogP contribution >= 0.6 is 0 Å². The number of rotatable bonds is 2. The standard InChI is InChI=1S/C19H23N5O3/c1-11-8-14(22-27-11)17(26)24-7-5-6-19(3,10-24)18-20-12(2)13-9-15(25)23(4)16(13)21-18/h8H,5-7,9-10H2,1-4H3. The largest absolute Gasteiger partial charge is 0.361 e. The maximum Gasteiger partial charge on any atom is 0.276 e. The molecule has 1 fully saturated rings. The van der Waals surface area contributed by atoms with Crippen LogP contribution in [-0.2, 0) is 16.6 Å². The normalized spacial score (nSPS) is 22.3. The molecule has 2 aliphatic heterocycles. The Kier molecular flexibility index (Phi) is 4.01. The summed E-state index contributed by atoms with van der Waals surface area (Å²) in [6, 6.07) is 1.66. The molecule has 2 amide bonds. The van der Waals surface area contributed by atoms with Crippen molar-refractivity contribution < 1.29 is 14.1 Å². The maximum atomic E-state index is 12.8. The second kappa shape index (κ2) is 6.14. The Morgan fingerprint density at radius 3 is 2.78 bits per heavy atom. The number of carbonyl (C=O) groups excluding carboxylic acids is 2. The zero-order chi connectivity index (χ0) is 19.3. The highest BCUT2D eigenvalue weighted by molar-refractivity contribution is 6.00. The third kappa shape index (κ3) is 2.89. The van der Waals surface area contributed by atoms with Crippen molar-refractivity contribution >= 4 is 17.6 Å². The minimum atomic E-state index is -0.376. The van der Waals surface area contributed by atoms with Gasteiger partial charge in [0.2, 0.25) is 5.91 Å². The predicted octanol–water partition coefficient (Wildman–Crippen LogP) is 1.79. The highest BCUT2D eigenvalue weighted by atomic mass is 16.5. The van der Waals surface area contributed by atoms with Crippen molar-refractivity contribution in [2.75, 3.05) is 25.0 Å². The van der Waals surface area contributed by atoms with Gasteiger partial charge in [0, 0.05) is 42.9 Å². The Balaban J connectivity index is 1.64. The van der Waals surface area contributed by atoms with Crippen molar-refractivity contribution in [3.8, 4) is 0 Å². The Bertz CT molecular complexity index is 937. The van der Waals surface area contributed by atoms with Crippen LogP contribution in [0.15, 0.2) is 10.6 Å². The van der Waals surface area contributed by atoms with Crippen LogP contribution in [0.25, 0.3) is 0 Å². The van der Waals surface area contributed by atoms with Gasteiger partial charge in [0.25, 0.3) is 5.91 Å². The molecule has 27 heavy (non-hydrogen) atoms. The molecule has 1 unspecified atom stereocenters. The average Bonchev–Trinajstić information content (AvgIpc) is 3.19. The number of likely N-dealkylation sites (N-methyl/N-ethyl adjacent to an activating group) is 1. The first kappa shape index (κ1) is 17.6. The number of carbonyl (C=O) groups is 2. The number of aryl methyl sites for hydroxylation is 2. The van der Waals surface area contributed by atoms with Crippen molar-refractivity contribution in [3.05, 3.63) is 34.6 Å². The average molecular weight is 369 g/mol. The molecule has 0 spiro atoms. The van der Waals surface area contributed by atoms with Crippen LogP contribution in [-0.4, -0.2) is 52.0 Å². The summed E-state index contributed by atoms with van der Waals surface area (Å²) in [6.07, 6.45) is 2.09. The fourth-order valence-corrected chi connectivity index (χ4v) is 3.95. The summed E-state index contributed by atoms with van der Waals surface area (Å²) in [4.78, 5) is 37.7. The van der Waals surface area contributed by atoms with E-state index in [1.807, 2.05) is 6.92 Å². The van der Waals surface area contributed by atoms with E-state index in [0.717, 1.165) is 24.1 Å². The molecule has 1 saturated heterocycles. The molecule has 0 aliphatic carbocycles. The number of amides is 2. The summed E-state index contributed by atoms with van der Waals surface area (Å²) >= 11 is 0. The summed E-state index contributed by atoms with van der Waals surface area (Å²) in [7, 11) is 1.75. The molecule has 2 aliphatic rings. The molecule has 4 rings (SSSR count). The number of anilines is 1. The monoisotopic (exact) mass is 369 g/mol. The molecule has 1 atom stereocenters. The highest BCUT2D eigenvalue weighted by Crippen LogP contribution is 2.36. The van der Waals surface area contributed by atoms with Gasteiger partial charge in [-0.1, -0.05) is 12.1 Å². The summed E-state index contributed by atoms with van der Waals surface area (Å²) in [5.74, 6) is 1.89. The van der Waals surface area contributed by atoms with Gasteiger partial charge in [0.15, 0.2) is 5.69 Å². The lowest BCUT2D eigenvalue weighted by molar-refractivity contribution is -0.117. The van der Waals surface area contributed by atoms with Gasteiger partial charge in [-0.2, -0.15) is 0 Å². The quantitative estimate of drug-likeness (QED) is 0.801. The van der Waals surface area contributed by atoms with Crippen LogP contribution in [0.4, 0.5) is 5.82 Å². The van der Waals surface area contributed by atoms with Crippen LogP contribution in [0.5, 0.6) is 0 Å². The Labute approximate surface area is 157 Å². The molecule has 0 radical (unpaired) electrons. The summed E-state index contributed by atoms with van der Waals surface area (Å²) < 4.78 is 5.04. The van der Waals surface area contributed by atoms with E-state index in [1.165, 1.54) is 0 Å². The van der Waals surface area contributed by atoms with Gasteiger partial charge in [-0.3, -0.25) is 14.5 Å². The lowest BCUT2D eigenvalue weighted by atomic mass is 9.80. The van der Waals surface area contributed by atoms with E-state index in [4.69, 9.17) is 14.5 Å². The van der Waals surface area contributed by atoms with E-state index in [-0.39, 0.29) is 17.2 Å². The number of piperidine rings is 1. The predicted molar refractivity (Wildman–Crippen MR) is 97.6 cm³/mol. The molecule has 8 heteroatoms. The summed E-state index contributed by atoms with van der Waals surface area (Å²) in [6.45, 7) is 6.95. The van der Waals surface area contributed by atoms with Gasteiger partial charge in [-0.05, 0) is 26.7 Å². The molecule has 2 aromatic heterocycles. The van der Waals surface area contributed by atoms with Crippen LogP contribution in [0.1, 0.15) is 53.1 Å². The van der Waals surface area contributed by atoms with Crippen molar-refractivity contribution in [1.82, 2.24) is 20.0 Å². The number of likely N-dealkylation sites (tertiary alicyclic amines) is 1. The maximum absolute atomic E-state index is 12.8. The Morgan fingerprint density at radius 2 is 2.07 bits per heavy atom. The third-order valence-electron chi connectivity index (χ3n) is 5.58. The topological polar surface area (TPSA) is 92.4 Å². The lowest BCUT2D eigenvalue weighted by Gasteiger charge is -2.39. The van der Waals surface area contributed by atoms with E-state index in [0.29, 0.717) is 42.6 Å². The fraction of sp³-hybridized carbons (Fsp3) is 0.526. The van der Waals surface area contributed by atoms with Crippen LogP contribution in [0.2, 0.25) is 0 Å². The lowest BCUT2D eigenvalue weighted by Crippen LogP contribution is -2.48. The minimum absolute atomic E-state index is 0.0338. The minimum Gasteiger partial charge on any atom is -0.361 e. The molecule has 8 nitrogen and oxygen atoms in total. The van der Waals surface area contributed by atoms with E-state index in [1.54, 1.807) is 29.8 Å². The van der Waals surface area contributed by atoms with Gasteiger partial charge < -0.3 is 9.42 Å². The molecule has 0 bridgehead atoms. The van der Waals surface area contributed by atoms with Crippen LogP contribution in [0, 0.1) is 13.8 Å². The molecule has 2 aromatic rings. The molecule has 142 valence electrons. The van der Waals surface area contributed by atoms with E-state index in [9.17, 15) is 9.59 Å². The van der Waals surface area contributed by atoms with Gasteiger partial charge >= 0.3 is 0 Å². The number of hydrogen-bond acceptors (Lipinski definition) is 6. The van der Waals surface area contributed by atoms with Gasteiger partial charge in [0.05, 0.1) is 6.42 Å². The van der Waals surface area contributed by atoms with Crippen LogP contribution < -0.4 is 4.90 Å². The second-order valence-electron chi connectivity index (χ2n) is 7.78.